The third kappa shape index (κ3) is 3.52. The zero-order valence-electron chi connectivity index (χ0n) is 18.1. The molecule has 0 unspecified atom stereocenters. The number of nitriles is 1. The molecule has 1 aliphatic heterocycles. The molecule has 29 heavy (non-hydrogen) atoms. The number of rotatable bonds is 3. The van der Waals surface area contributed by atoms with Crippen molar-refractivity contribution in [2.75, 3.05) is 32.1 Å². The van der Waals surface area contributed by atoms with E-state index in [9.17, 15) is 5.26 Å². The number of hydrogen-bond donors (Lipinski definition) is 1. The molecule has 4 rings (SSSR count). The van der Waals surface area contributed by atoms with Gasteiger partial charge in [-0.25, -0.2) is 0 Å². The second-order valence-electron chi connectivity index (χ2n) is 9.37. The lowest BCUT2D eigenvalue weighted by atomic mass is 9.92. The summed E-state index contributed by atoms with van der Waals surface area (Å²) in [6, 6.07) is 17.8. The van der Waals surface area contributed by atoms with Crippen molar-refractivity contribution in [3.8, 4) is 17.2 Å². The molecule has 0 amide bonds. The van der Waals surface area contributed by atoms with Gasteiger partial charge in [-0.15, -0.1) is 0 Å². The van der Waals surface area contributed by atoms with Crippen LogP contribution < -0.4 is 4.90 Å². The van der Waals surface area contributed by atoms with Crippen LogP contribution in [0.25, 0.3) is 22.0 Å². The maximum Gasteiger partial charge on any atom is 0.101 e. The minimum atomic E-state index is -0.00684. The van der Waals surface area contributed by atoms with Gasteiger partial charge in [-0.3, -0.25) is 0 Å². The maximum atomic E-state index is 9.90. The summed E-state index contributed by atoms with van der Waals surface area (Å²) in [5, 5.41) is 11.1. The molecule has 0 aliphatic carbocycles. The lowest BCUT2D eigenvalue weighted by molar-refractivity contribution is 0.315. The molecule has 3 aromatic rings. The highest BCUT2D eigenvalue weighted by atomic mass is 15.2. The highest BCUT2D eigenvalue weighted by Crippen LogP contribution is 2.42. The fourth-order valence-corrected chi connectivity index (χ4v) is 4.32. The van der Waals surface area contributed by atoms with Gasteiger partial charge in [0.1, 0.15) is 6.07 Å². The first-order valence-electron chi connectivity index (χ1n) is 10.4. The molecule has 4 heteroatoms. The summed E-state index contributed by atoms with van der Waals surface area (Å²) in [6.07, 6.45) is 1.15. The predicted octanol–water partition coefficient (Wildman–Crippen LogP) is 5.14. The summed E-state index contributed by atoms with van der Waals surface area (Å²) in [5.41, 5.74) is 6.39. The quantitative estimate of drug-likeness (QED) is 0.677. The van der Waals surface area contributed by atoms with Crippen LogP contribution in [-0.4, -0.2) is 43.1 Å². The minimum absolute atomic E-state index is 0.00684. The lowest BCUT2D eigenvalue weighted by Gasteiger charge is -2.25. The molecular formula is C25H30N4. The van der Waals surface area contributed by atoms with E-state index in [1.54, 1.807) is 0 Å². The van der Waals surface area contributed by atoms with Gasteiger partial charge in [0.25, 0.3) is 0 Å². The summed E-state index contributed by atoms with van der Waals surface area (Å²) < 4.78 is 0. The molecule has 1 fully saturated rings. The van der Waals surface area contributed by atoms with Gasteiger partial charge in [0.15, 0.2) is 0 Å². The van der Waals surface area contributed by atoms with Crippen molar-refractivity contribution in [3.63, 3.8) is 0 Å². The summed E-state index contributed by atoms with van der Waals surface area (Å²) in [7, 11) is 4.32. The van der Waals surface area contributed by atoms with E-state index in [4.69, 9.17) is 0 Å². The molecule has 150 valence electrons. The molecule has 2 aromatic carbocycles. The van der Waals surface area contributed by atoms with Crippen molar-refractivity contribution in [2.45, 2.75) is 38.6 Å². The summed E-state index contributed by atoms with van der Waals surface area (Å²) in [5.74, 6) is 0. The number of H-pyrrole nitrogens is 1. The van der Waals surface area contributed by atoms with Crippen LogP contribution in [0, 0.1) is 11.3 Å². The minimum Gasteiger partial charge on any atom is -0.369 e. The number of fused-ring (bicyclic) bond motifs is 1. The molecule has 1 aliphatic rings. The van der Waals surface area contributed by atoms with Crippen LogP contribution in [0.3, 0.4) is 0 Å². The van der Waals surface area contributed by atoms with Crippen LogP contribution in [0.2, 0.25) is 0 Å². The number of nitrogens with zero attached hydrogens (tertiary/aromatic N) is 3. The molecule has 1 saturated heterocycles. The Morgan fingerprint density at radius 1 is 1.14 bits per heavy atom. The van der Waals surface area contributed by atoms with Crippen LogP contribution in [0.5, 0.6) is 0 Å². The molecule has 0 saturated carbocycles. The van der Waals surface area contributed by atoms with Crippen molar-refractivity contribution in [1.29, 1.82) is 5.26 Å². The zero-order valence-corrected chi connectivity index (χ0v) is 18.1. The number of aromatic nitrogens is 1. The normalized spacial score (nSPS) is 17.3. The van der Waals surface area contributed by atoms with Gasteiger partial charge in [0.2, 0.25) is 0 Å². The van der Waals surface area contributed by atoms with Crippen LogP contribution in [0.15, 0.2) is 42.5 Å². The first kappa shape index (κ1) is 19.5. The monoisotopic (exact) mass is 386 g/mol. The van der Waals surface area contributed by atoms with Crippen molar-refractivity contribution in [3.05, 3.63) is 53.7 Å². The van der Waals surface area contributed by atoms with Crippen molar-refractivity contribution in [1.82, 2.24) is 9.88 Å². The fraction of sp³-hybridized carbons (Fsp3) is 0.400. The molecular weight excluding hydrogens is 356 g/mol. The Morgan fingerprint density at radius 3 is 2.45 bits per heavy atom. The van der Waals surface area contributed by atoms with E-state index in [0.29, 0.717) is 11.6 Å². The van der Waals surface area contributed by atoms with Crippen LogP contribution in [0.4, 0.5) is 5.69 Å². The van der Waals surface area contributed by atoms with E-state index < -0.39 is 0 Å². The summed E-state index contributed by atoms with van der Waals surface area (Å²) in [4.78, 5) is 8.40. The smallest absolute Gasteiger partial charge is 0.101 e. The Bertz CT molecular complexity index is 1060. The molecule has 0 radical (unpaired) electrons. The second kappa shape index (κ2) is 7.24. The summed E-state index contributed by atoms with van der Waals surface area (Å²) in [6.45, 7) is 8.65. The van der Waals surface area contributed by atoms with E-state index >= 15 is 0 Å². The summed E-state index contributed by atoms with van der Waals surface area (Å²) >= 11 is 0. The van der Waals surface area contributed by atoms with Gasteiger partial charge < -0.3 is 14.8 Å². The molecule has 1 aromatic heterocycles. The number of benzene rings is 2. The highest BCUT2D eigenvalue weighted by molar-refractivity contribution is 6.04. The van der Waals surface area contributed by atoms with Gasteiger partial charge in [-0.1, -0.05) is 51.1 Å². The molecule has 0 bridgehead atoms. The van der Waals surface area contributed by atoms with Crippen molar-refractivity contribution in [2.24, 2.45) is 0 Å². The average molecular weight is 387 g/mol. The van der Waals surface area contributed by atoms with Gasteiger partial charge in [-0.2, -0.15) is 5.26 Å². The first-order chi connectivity index (χ1) is 13.8. The molecule has 1 N–H and O–H groups in total. The Labute approximate surface area is 173 Å². The fourth-order valence-electron chi connectivity index (χ4n) is 4.32. The van der Waals surface area contributed by atoms with Gasteiger partial charge in [0.05, 0.1) is 16.8 Å². The van der Waals surface area contributed by atoms with E-state index in [-0.39, 0.29) is 5.41 Å². The van der Waals surface area contributed by atoms with E-state index in [0.717, 1.165) is 41.5 Å². The molecule has 0 spiro atoms. The molecule has 1 atom stereocenters. The lowest BCUT2D eigenvalue weighted by Crippen LogP contribution is -2.31. The third-order valence-electron chi connectivity index (χ3n) is 6.11. The number of likely N-dealkylation sites (N-methyl/N-ethyl adjacent to an activating group) is 1. The van der Waals surface area contributed by atoms with Crippen molar-refractivity contribution >= 4 is 16.6 Å². The Hall–Kier alpha value is -2.77. The van der Waals surface area contributed by atoms with E-state index in [2.05, 4.69) is 92.1 Å². The molecule has 2 heterocycles. The van der Waals surface area contributed by atoms with Crippen molar-refractivity contribution < 1.29 is 0 Å². The van der Waals surface area contributed by atoms with Crippen LogP contribution >= 0.6 is 0 Å². The van der Waals surface area contributed by atoms with Crippen LogP contribution in [0.1, 0.15) is 38.4 Å². The number of aromatic amines is 1. The van der Waals surface area contributed by atoms with Gasteiger partial charge in [-0.05, 0) is 38.2 Å². The van der Waals surface area contributed by atoms with Gasteiger partial charge in [0, 0.05) is 41.2 Å². The zero-order chi connectivity index (χ0) is 20.8. The van der Waals surface area contributed by atoms with Crippen LogP contribution in [-0.2, 0) is 5.41 Å². The number of anilines is 1. The SMILES string of the molecule is CN(C)[C@H]1CCN(c2c(-c3ccccc3)cc(C#N)c3[nH]c(C(C)(C)C)cc23)C1. The van der Waals surface area contributed by atoms with E-state index in [1.807, 2.05) is 6.07 Å². The number of hydrogen-bond acceptors (Lipinski definition) is 3. The first-order valence-corrected chi connectivity index (χ1v) is 10.4. The predicted molar refractivity (Wildman–Crippen MR) is 121 cm³/mol. The average Bonchev–Trinajstić information content (AvgIpc) is 3.35. The topological polar surface area (TPSA) is 46.1 Å². The Morgan fingerprint density at radius 2 is 1.86 bits per heavy atom. The largest absolute Gasteiger partial charge is 0.369 e. The second-order valence-corrected chi connectivity index (χ2v) is 9.37. The third-order valence-corrected chi connectivity index (χ3v) is 6.11. The number of nitrogens with one attached hydrogen (secondary N) is 1. The Kier molecular flexibility index (Phi) is 4.88. The molecule has 4 nitrogen and oxygen atoms in total. The van der Waals surface area contributed by atoms with E-state index in [1.165, 1.54) is 11.4 Å². The highest BCUT2D eigenvalue weighted by Gasteiger charge is 2.29. The standard InChI is InChI=1S/C25H30N4/c1-25(2,3)22-14-21-23(27-22)18(15-26)13-20(17-9-7-6-8-10-17)24(21)29-12-11-19(16-29)28(4)5/h6-10,13-14,19,27H,11-12,16H2,1-5H3/t19-/m0/s1. The maximum absolute atomic E-state index is 9.90. The Balaban J connectivity index is 1.99. The van der Waals surface area contributed by atoms with Gasteiger partial charge >= 0.3 is 0 Å².